The molecule has 0 aromatic carbocycles. The highest BCUT2D eigenvalue weighted by Gasteiger charge is 2.00. The van der Waals surface area contributed by atoms with Crippen molar-refractivity contribution in [2.24, 2.45) is 5.92 Å². The summed E-state index contributed by atoms with van der Waals surface area (Å²) in [6, 6.07) is 0. The van der Waals surface area contributed by atoms with Gasteiger partial charge >= 0.3 is 0 Å². The number of rotatable bonds is 1. The lowest BCUT2D eigenvalue weighted by Crippen LogP contribution is -2.05. The molecule has 0 heterocycles. The summed E-state index contributed by atoms with van der Waals surface area (Å²) < 4.78 is 0. The van der Waals surface area contributed by atoms with E-state index in [2.05, 4.69) is 0 Å². The second-order valence-corrected chi connectivity index (χ2v) is 1.95. The van der Waals surface area contributed by atoms with Crippen LogP contribution < -0.4 is 0 Å². The minimum Gasteiger partial charge on any atom is -0.233 e. The van der Waals surface area contributed by atoms with Crippen LogP contribution in [0, 0.1) is 5.92 Å². The van der Waals surface area contributed by atoms with Crippen molar-refractivity contribution in [2.45, 2.75) is 26.9 Å². The first-order valence-electron chi connectivity index (χ1n) is 2.30. The van der Waals surface area contributed by atoms with Gasteiger partial charge in [0.05, 0.1) is 6.10 Å². The molecule has 0 rings (SSSR count). The first-order valence-corrected chi connectivity index (χ1v) is 2.30. The molecule has 1 atom stereocenters. The summed E-state index contributed by atoms with van der Waals surface area (Å²) >= 11 is 0. The van der Waals surface area contributed by atoms with Gasteiger partial charge in [-0.3, -0.25) is 0 Å². The van der Waals surface area contributed by atoms with E-state index in [4.69, 9.17) is 0 Å². The van der Waals surface area contributed by atoms with E-state index in [0.29, 0.717) is 5.92 Å². The van der Waals surface area contributed by atoms with Crippen LogP contribution in [0.1, 0.15) is 20.8 Å². The van der Waals surface area contributed by atoms with E-state index in [1.54, 1.807) is 6.92 Å². The van der Waals surface area contributed by atoms with Crippen LogP contribution in [0.3, 0.4) is 0 Å². The maximum absolute atomic E-state index is 10.2. The molecule has 0 bridgehead atoms. The van der Waals surface area contributed by atoms with Gasteiger partial charge in [0, 0.05) is 0 Å². The van der Waals surface area contributed by atoms with Crippen molar-refractivity contribution >= 4 is 0 Å². The average Bonchev–Trinajstić information content (AvgIpc) is 1.36. The van der Waals surface area contributed by atoms with Crippen molar-refractivity contribution in [1.29, 1.82) is 0 Å². The van der Waals surface area contributed by atoms with Gasteiger partial charge in [-0.1, -0.05) is 13.8 Å². The van der Waals surface area contributed by atoms with Crippen LogP contribution in [0.25, 0.3) is 0 Å². The van der Waals surface area contributed by atoms with Gasteiger partial charge in [-0.15, -0.1) is 0 Å². The molecule has 0 aromatic heterocycles. The second kappa shape index (κ2) is 2.19. The Morgan fingerprint density at radius 1 is 1.17 bits per heavy atom. The lowest BCUT2D eigenvalue weighted by atomic mass is 10.1. The summed E-state index contributed by atoms with van der Waals surface area (Å²) in [4.78, 5) is 0. The molecule has 0 aliphatic carbocycles. The van der Waals surface area contributed by atoms with E-state index in [1.165, 1.54) is 0 Å². The van der Waals surface area contributed by atoms with Crippen LogP contribution in [-0.4, -0.2) is 6.10 Å². The Kier molecular flexibility index (Phi) is 2.18. The van der Waals surface area contributed by atoms with Crippen LogP contribution in [0.4, 0.5) is 0 Å². The number of hydrogen-bond donors (Lipinski definition) is 0. The van der Waals surface area contributed by atoms with E-state index in [9.17, 15) is 5.11 Å². The normalized spacial score (nSPS) is 15.5. The smallest absolute Gasteiger partial charge is 0.0924 e. The lowest BCUT2D eigenvalue weighted by molar-refractivity contribution is 0.0658. The van der Waals surface area contributed by atoms with Crippen molar-refractivity contribution < 1.29 is 5.11 Å². The Labute approximate surface area is 39.0 Å². The molecule has 1 nitrogen and oxygen atoms in total. The number of hydrogen-bond acceptors (Lipinski definition) is 0. The summed E-state index contributed by atoms with van der Waals surface area (Å²) in [5, 5.41) is 10.2. The van der Waals surface area contributed by atoms with Crippen molar-refractivity contribution in [3.05, 3.63) is 0 Å². The Hall–Kier alpha value is -0.0400. The fourth-order valence-corrected chi connectivity index (χ4v) is 0. The summed E-state index contributed by atoms with van der Waals surface area (Å²) in [6.45, 7) is 5.54. The minimum atomic E-state index is -0.398. The fourth-order valence-electron chi connectivity index (χ4n) is 0. The van der Waals surface area contributed by atoms with Gasteiger partial charge < -0.3 is 0 Å². The maximum Gasteiger partial charge on any atom is 0.0924 e. The SMILES string of the molecule is CC(C)C(C)[O]. The van der Waals surface area contributed by atoms with Crippen LogP contribution in [-0.2, 0) is 5.11 Å². The van der Waals surface area contributed by atoms with Gasteiger partial charge in [-0.2, -0.15) is 0 Å². The zero-order valence-corrected chi connectivity index (χ0v) is 4.56. The summed E-state index contributed by atoms with van der Waals surface area (Å²) in [5.74, 6) is 0.296. The first kappa shape index (κ1) is 5.96. The van der Waals surface area contributed by atoms with Crippen molar-refractivity contribution in [1.82, 2.24) is 0 Å². The van der Waals surface area contributed by atoms with Crippen LogP contribution >= 0.6 is 0 Å². The molecule has 0 N–H and O–H groups in total. The van der Waals surface area contributed by atoms with Crippen LogP contribution in [0.5, 0.6) is 0 Å². The molecule has 1 radical (unpaired) electrons. The molecule has 1 unspecified atom stereocenters. The molecule has 0 aliphatic rings. The summed E-state index contributed by atoms with van der Waals surface area (Å²) in [7, 11) is 0. The highest BCUT2D eigenvalue weighted by molar-refractivity contribution is 4.48. The molecular weight excluding hydrogens is 76.1 g/mol. The van der Waals surface area contributed by atoms with Gasteiger partial charge in [-0.25, -0.2) is 5.11 Å². The van der Waals surface area contributed by atoms with Crippen molar-refractivity contribution in [3.63, 3.8) is 0 Å². The van der Waals surface area contributed by atoms with Gasteiger partial charge in [0.2, 0.25) is 0 Å². The molecule has 0 aromatic rings. The molecule has 1 heteroatoms. The highest BCUT2D eigenvalue weighted by Crippen LogP contribution is 1.97. The highest BCUT2D eigenvalue weighted by atomic mass is 16.3. The van der Waals surface area contributed by atoms with E-state index < -0.39 is 6.10 Å². The molecular formula is C5H11O. The molecule has 6 heavy (non-hydrogen) atoms. The molecule has 37 valence electrons. The van der Waals surface area contributed by atoms with Gasteiger partial charge in [0.25, 0.3) is 0 Å². The molecule has 0 amide bonds. The third-order valence-corrected chi connectivity index (χ3v) is 0.939. The second-order valence-electron chi connectivity index (χ2n) is 1.95. The molecule has 0 aliphatic heterocycles. The maximum atomic E-state index is 10.2. The first-order chi connectivity index (χ1) is 2.64. The summed E-state index contributed by atoms with van der Waals surface area (Å²) in [6.07, 6.45) is -0.398. The van der Waals surface area contributed by atoms with E-state index in [0.717, 1.165) is 0 Å². The third kappa shape index (κ3) is 2.21. The quantitative estimate of drug-likeness (QED) is 0.461. The minimum absolute atomic E-state index is 0.296. The van der Waals surface area contributed by atoms with Gasteiger partial charge in [0.15, 0.2) is 0 Å². The van der Waals surface area contributed by atoms with Gasteiger partial charge in [0.1, 0.15) is 0 Å². The topological polar surface area (TPSA) is 19.9 Å². The zero-order valence-electron chi connectivity index (χ0n) is 4.56. The van der Waals surface area contributed by atoms with Crippen molar-refractivity contribution in [3.8, 4) is 0 Å². The monoisotopic (exact) mass is 87.1 g/mol. The van der Waals surface area contributed by atoms with E-state index in [1.807, 2.05) is 13.8 Å². The standard InChI is InChI=1S/C5H11O/c1-4(2)5(3)6/h4-5H,1-3H3. The predicted octanol–water partition coefficient (Wildman–Crippen LogP) is 1.46. The Balaban J connectivity index is 2.99. The largest absolute Gasteiger partial charge is 0.233 e. The Morgan fingerprint density at radius 2 is 1.33 bits per heavy atom. The van der Waals surface area contributed by atoms with E-state index >= 15 is 0 Å². The third-order valence-electron chi connectivity index (χ3n) is 0.939. The van der Waals surface area contributed by atoms with Crippen LogP contribution in [0.2, 0.25) is 0 Å². The Bertz CT molecular complexity index is 24.9. The Morgan fingerprint density at radius 3 is 1.33 bits per heavy atom. The van der Waals surface area contributed by atoms with Crippen molar-refractivity contribution in [2.75, 3.05) is 0 Å². The molecule has 0 saturated heterocycles. The van der Waals surface area contributed by atoms with E-state index in [-0.39, 0.29) is 0 Å². The molecule has 0 spiro atoms. The zero-order chi connectivity index (χ0) is 5.15. The predicted molar refractivity (Wildman–Crippen MR) is 25.0 cm³/mol. The van der Waals surface area contributed by atoms with Gasteiger partial charge in [-0.05, 0) is 12.8 Å². The summed E-state index contributed by atoms with van der Waals surface area (Å²) in [5.41, 5.74) is 0. The molecule has 0 fully saturated rings. The lowest BCUT2D eigenvalue weighted by Gasteiger charge is -2.01. The fraction of sp³-hybridized carbons (Fsp3) is 1.00. The van der Waals surface area contributed by atoms with Crippen LogP contribution in [0.15, 0.2) is 0 Å². The molecule has 0 saturated carbocycles. The average molecular weight is 87.1 g/mol.